The van der Waals surface area contributed by atoms with Gasteiger partial charge in [0.2, 0.25) is 0 Å². The molecule has 1 aliphatic heterocycles. The van der Waals surface area contributed by atoms with Gasteiger partial charge in [0.1, 0.15) is 11.6 Å². The molecule has 0 bridgehead atoms. The van der Waals surface area contributed by atoms with Crippen LogP contribution in [0.15, 0.2) is 48.5 Å². The summed E-state index contributed by atoms with van der Waals surface area (Å²) in [4.78, 5) is 28.3. The minimum Gasteiger partial charge on any atom is -0.484 e. The van der Waals surface area contributed by atoms with Crippen molar-refractivity contribution < 1.29 is 31.9 Å². The molecular formula is C21H21F4N3O3. The van der Waals surface area contributed by atoms with Crippen molar-refractivity contribution in [2.24, 2.45) is 0 Å². The summed E-state index contributed by atoms with van der Waals surface area (Å²) in [5.41, 5.74) is 0.670. The summed E-state index contributed by atoms with van der Waals surface area (Å²) in [6.45, 7) is 0.0138. The van der Waals surface area contributed by atoms with E-state index in [9.17, 15) is 27.2 Å². The molecule has 3 rings (SSSR count). The molecule has 1 saturated heterocycles. The maximum Gasteiger partial charge on any atom is 0.422 e. The van der Waals surface area contributed by atoms with Crippen LogP contribution in [0.25, 0.3) is 0 Å². The highest BCUT2D eigenvalue weighted by Gasteiger charge is 2.28. The third-order valence-corrected chi connectivity index (χ3v) is 4.65. The second-order valence-corrected chi connectivity index (χ2v) is 7.00. The van der Waals surface area contributed by atoms with Crippen LogP contribution in [-0.2, 0) is 0 Å². The second kappa shape index (κ2) is 9.67. The fourth-order valence-corrected chi connectivity index (χ4v) is 3.13. The van der Waals surface area contributed by atoms with Gasteiger partial charge < -0.3 is 19.9 Å². The number of nitrogens with one attached hydrogen (secondary N) is 1. The number of ether oxygens (including phenoxy) is 1. The Morgan fingerprint density at radius 2 is 1.65 bits per heavy atom. The first-order chi connectivity index (χ1) is 14.7. The number of halogens is 4. The number of benzene rings is 2. The maximum absolute atomic E-state index is 13.1. The summed E-state index contributed by atoms with van der Waals surface area (Å²) in [6, 6.07) is 10.5. The molecule has 0 aromatic heterocycles. The first-order valence-corrected chi connectivity index (χ1v) is 9.62. The lowest BCUT2D eigenvalue weighted by atomic mass is 10.2. The van der Waals surface area contributed by atoms with E-state index in [0.717, 1.165) is 0 Å². The van der Waals surface area contributed by atoms with Gasteiger partial charge in [0, 0.05) is 43.5 Å². The molecular weight excluding hydrogens is 418 g/mol. The van der Waals surface area contributed by atoms with Gasteiger partial charge in [0.05, 0.1) is 0 Å². The van der Waals surface area contributed by atoms with Crippen LogP contribution in [0.2, 0.25) is 0 Å². The van der Waals surface area contributed by atoms with Crippen molar-refractivity contribution in [3.8, 4) is 5.75 Å². The standard InChI is InChI=1S/C21H21F4N3O3/c22-16-7-5-15(6-8-16)19(29)27-9-2-10-28(12-11-27)20(30)26-17-3-1-4-18(13-17)31-14-21(23,24)25/h1,3-8,13H,2,9-12,14H2,(H,26,30). The molecule has 166 valence electrons. The normalized spacial score (nSPS) is 14.7. The Hall–Kier alpha value is -3.30. The monoisotopic (exact) mass is 439 g/mol. The first kappa shape index (κ1) is 22.4. The fraction of sp³-hybridized carbons (Fsp3) is 0.333. The molecule has 0 radical (unpaired) electrons. The summed E-state index contributed by atoms with van der Waals surface area (Å²) < 4.78 is 54.7. The number of amides is 3. The molecule has 2 aromatic carbocycles. The molecule has 0 aliphatic carbocycles. The number of carbonyl (C=O) groups is 2. The molecule has 31 heavy (non-hydrogen) atoms. The molecule has 0 spiro atoms. The molecule has 1 fully saturated rings. The van der Waals surface area contributed by atoms with E-state index in [2.05, 4.69) is 5.32 Å². The predicted octanol–water partition coefficient (Wildman–Crippen LogP) is 4.15. The predicted molar refractivity (Wildman–Crippen MR) is 106 cm³/mol. The van der Waals surface area contributed by atoms with E-state index in [1.54, 1.807) is 11.0 Å². The van der Waals surface area contributed by atoms with E-state index in [0.29, 0.717) is 37.3 Å². The molecule has 0 saturated carbocycles. The molecule has 3 amide bonds. The Morgan fingerprint density at radius 3 is 2.35 bits per heavy atom. The van der Waals surface area contributed by atoms with Crippen molar-refractivity contribution in [2.45, 2.75) is 12.6 Å². The number of urea groups is 1. The van der Waals surface area contributed by atoms with Crippen molar-refractivity contribution in [3.05, 3.63) is 59.9 Å². The minimum absolute atomic E-state index is 0.0120. The summed E-state index contributed by atoms with van der Waals surface area (Å²) >= 11 is 0. The van der Waals surface area contributed by atoms with Crippen molar-refractivity contribution in [1.29, 1.82) is 0 Å². The van der Waals surface area contributed by atoms with Crippen molar-refractivity contribution >= 4 is 17.6 Å². The van der Waals surface area contributed by atoms with Crippen LogP contribution < -0.4 is 10.1 Å². The number of carbonyl (C=O) groups excluding carboxylic acids is 2. The highest BCUT2D eigenvalue weighted by molar-refractivity contribution is 5.94. The zero-order chi connectivity index (χ0) is 22.4. The Bertz CT molecular complexity index is 919. The third kappa shape index (κ3) is 6.59. The molecule has 1 aliphatic rings. The number of nitrogens with zero attached hydrogens (tertiary/aromatic N) is 2. The van der Waals surface area contributed by atoms with Gasteiger partial charge in [-0.2, -0.15) is 13.2 Å². The van der Waals surface area contributed by atoms with Crippen LogP contribution in [0, 0.1) is 5.82 Å². The number of rotatable bonds is 4. The maximum atomic E-state index is 13.1. The van der Waals surface area contributed by atoms with Gasteiger partial charge in [-0.15, -0.1) is 0 Å². The molecule has 2 aromatic rings. The van der Waals surface area contributed by atoms with E-state index in [4.69, 9.17) is 4.74 Å². The van der Waals surface area contributed by atoms with E-state index in [1.165, 1.54) is 47.4 Å². The highest BCUT2D eigenvalue weighted by Crippen LogP contribution is 2.22. The van der Waals surface area contributed by atoms with Crippen LogP contribution in [-0.4, -0.2) is 60.7 Å². The molecule has 0 unspecified atom stereocenters. The number of hydrogen-bond acceptors (Lipinski definition) is 3. The number of hydrogen-bond donors (Lipinski definition) is 1. The van der Waals surface area contributed by atoms with Gasteiger partial charge in [-0.25, -0.2) is 9.18 Å². The van der Waals surface area contributed by atoms with Crippen molar-refractivity contribution in [1.82, 2.24) is 9.80 Å². The SMILES string of the molecule is O=C(Nc1cccc(OCC(F)(F)F)c1)N1CCCN(C(=O)c2ccc(F)cc2)CC1. The first-order valence-electron chi connectivity index (χ1n) is 9.62. The average Bonchev–Trinajstić information content (AvgIpc) is 2.98. The van der Waals surface area contributed by atoms with E-state index >= 15 is 0 Å². The second-order valence-electron chi connectivity index (χ2n) is 7.00. The third-order valence-electron chi connectivity index (χ3n) is 4.65. The van der Waals surface area contributed by atoms with Crippen LogP contribution in [0.4, 0.5) is 28.0 Å². The Balaban J connectivity index is 1.56. The van der Waals surface area contributed by atoms with E-state index < -0.39 is 24.6 Å². The zero-order valence-corrected chi connectivity index (χ0v) is 16.5. The lowest BCUT2D eigenvalue weighted by Gasteiger charge is -2.22. The Kier molecular flexibility index (Phi) is 6.98. The van der Waals surface area contributed by atoms with Gasteiger partial charge in [-0.1, -0.05) is 6.07 Å². The smallest absolute Gasteiger partial charge is 0.422 e. The minimum atomic E-state index is -4.46. The van der Waals surface area contributed by atoms with E-state index in [-0.39, 0.29) is 18.2 Å². The summed E-state index contributed by atoms with van der Waals surface area (Å²) in [5.74, 6) is -0.679. The quantitative estimate of drug-likeness (QED) is 0.729. The fourth-order valence-electron chi connectivity index (χ4n) is 3.13. The van der Waals surface area contributed by atoms with Crippen molar-refractivity contribution in [3.63, 3.8) is 0 Å². The van der Waals surface area contributed by atoms with E-state index in [1.807, 2.05) is 0 Å². The molecule has 0 atom stereocenters. The Morgan fingerprint density at radius 1 is 0.968 bits per heavy atom. The van der Waals surface area contributed by atoms with Gasteiger partial charge in [0.25, 0.3) is 5.91 Å². The van der Waals surface area contributed by atoms with Gasteiger partial charge >= 0.3 is 12.2 Å². The molecule has 10 heteroatoms. The van der Waals surface area contributed by atoms with Crippen LogP contribution >= 0.6 is 0 Å². The molecule has 1 heterocycles. The van der Waals surface area contributed by atoms with Crippen LogP contribution in [0.3, 0.4) is 0 Å². The van der Waals surface area contributed by atoms with Crippen LogP contribution in [0.1, 0.15) is 16.8 Å². The summed E-state index contributed by atoms with van der Waals surface area (Å²) in [5, 5.41) is 2.64. The summed E-state index contributed by atoms with van der Waals surface area (Å²) in [7, 11) is 0. The molecule has 1 N–H and O–H groups in total. The van der Waals surface area contributed by atoms with Crippen molar-refractivity contribution in [2.75, 3.05) is 38.1 Å². The van der Waals surface area contributed by atoms with Gasteiger partial charge in [0.15, 0.2) is 6.61 Å². The largest absolute Gasteiger partial charge is 0.484 e. The van der Waals surface area contributed by atoms with Gasteiger partial charge in [-0.3, -0.25) is 4.79 Å². The highest BCUT2D eigenvalue weighted by atomic mass is 19.4. The summed E-state index contributed by atoms with van der Waals surface area (Å²) in [6.07, 6.45) is -3.91. The lowest BCUT2D eigenvalue weighted by molar-refractivity contribution is -0.153. The van der Waals surface area contributed by atoms with Gasteiger partial charge in [-0.05, 0) is 42.8 Å². The zero-order valence-electron chi connectivity index (χ0n) is 16.5. The Labute approximate surface area is 176 Å². The topological polar surface area (TPSA) is 61.9 Å². The number of alkyl halides is 3. The molecule has 6 nitrogen and oxygen atoms in total. The van der Waals surface area contributed by atoms with Crippen LogP contribution in [0.5, 0.6) is 5.75 Å². The average molecular weight is 439 g/mol. The lowest BCUT2D eigenvalue weighted by Crippen LogP contribution is -2.39. The number of anilines is 1.